The number of rotatable bonds is 2. The highest BCUT2D eigenvalue weighted by Crippen LogP contribution is 2.27. The van der Waals surface area contributed by atoms with Crippen LogP contribution in [0.1, 0.15) is 16.7 Å². The lowest BCUT2D eigenvalue weighted by Crippen LogP contribution is -2.14. The summed E-state index contributed by atoms with van der Waals surface area (Å²) in [5.41, 5.74) is 11.0. The summed E-state index contributed by atoms with van der Waals surface area (Å²) in [5.74, 6) is 0. The molecule has 2 nitrogen and oxygen atoms in total. The molecule has 0 amide bonds. The van der Waals surface area contributed by atoms with Crippen molar-refractivity contribution in [3.8, 4) is 0 Å². The van der Waals surface area contributed by atoms with Crippen LogP contribution >= 0.6 is 0 Å². The van der Waals surface area contributed by atoms with Gasteiger partial charge in [0.05, 0.1) is 0 Å². The highest BCUT2D eigenvalue weighted by molar-refractivity contribution is 5.52. The number of nitrogens with zero attached hydrogens (tertiary/aromatic N) is 1. The maximum absolute atomic E-state index is 5.61. The Labute approximate surface area is 102 Å². The van der Waals surface area contributed by atoms with Crippen LogP contribution in [0.3, 0.4) is 0 Å². The Morgan fingerprint density at radius 2 is 1.47 bits per heavy atom. The molecule has 0 bridgehead atoms. The maximum atomic E-state index is 5.61. The van der Waals surface area contributed by atoms with Crippen LogP contribution in [0.5, 0.6) is 0 Å². The SMILES string of the molecule is NCc1ccc(N2Cc3ccccc3C2)cc1. The summed E-state index contributed by atoms with van der Waals surface area (Å²) in [5, 5.41) is 0. The van der Waals surface area contributed by atoms with E-state index in [0.29, 0.717) is 6.54 Å². The Morgan fingerprint density at radius 1 is 0.882 bits per heavy atom. The molecule has 0 atom stereocenters. The molecule has 0 spiro atoms. The van der Waals surface area contributed by atoms with Crippen molar-refractivity contribution < 1.29 is 0 Å². The molecule has 2 heteroatoms. The fraction of sp³-hybridized carbons (Fsp3) is 0.200. The fourth-order valence-electron chi connectivity index (χ4n) is 2.36. The van der Waals surface area contributed by atoms with Crippen molar-refractivity contribution in [1.29, 1.82) is 0 Å². The fourth-order valence-corrected chi connectivity index (χ4v) is 2.36. The zero-order valence-electron chi connectivity index (χ0n) is 9.76. The molecular weight excluding hydrogens is 208 g/mol. The van der Waals surface area contributed by atoms with E-state index in [4.69, 9.17) is 5.73 Å². The molecule has 0 aliphatic carbocycles. The van der Waals surface area contributed by atoms with E-state index in [1.165, 1.54) is 22.4 Å². The van der Waals surface area contributed by atoms with E-state index in [2.05, 4.69) is 53.4 Å². The molecule has 3 rings (SSSR count). The minimum absolute atomic E-state index is 0.612. The van der Waals surface area contributed by atoms with Crippen molar-refractivity contribution in [2.24, 2.45) is 5.73 Å². The number of benzene rings is 2. The molecule has 2 N–H and O–H groups in total. The number of hydrogen-bond donors (Lipinski definition) is 1. The van der Waals surface area contributed by atoms with Gasteiger partial charge in [0.15, 0.2) is 0 Å². The smallest absolute Gasteiger partial charge is 0.0436 e. The van der Waals surface area contributed by atoms with Crippen molar-refractivity contribution in [3.05, 3.63) is 65.2 Å². The van der Waals surface area contributed by atoms with Crippen molar-refractivity contribution >= 4 is 5.69 Å². The molecule has 17 heavy (non-hydrogen) atoms. The lowest BCUT2D eigenvalue weighted by atomic mass is 10.1. The normalized spacial score (nSPS) is 13.8. The van der Waals surface area contributed by atoms with Crippen LogP contribution in [0, 0.1) is 0 Å². The van der Waals surface area contributed by atoms with E-state index >= 15 is 0 Å². The lowest BCUT2D eigenvalue weighted by molar-refractivity contribution is 0.879. The Morgan fingerprint density at radius 3 is 2.00 bits per heavy atom. The standard InChI is InChI=1S/C15H16N2/c16-9-12-5-7-15(8-6-12)17-10-13-3-1-2-4-14(13)11-17/h1-8H,9-11,16H2. The summed E-state index contributed by atoms with van der Waals surface area (Å²) >= 11 is 0. The minimum atomic E-state index is 0.612. The van der Waals surface area contributed by atoms with E-state index in [9.17, 15) is 0 Å². The predicted molar refractivity (Wildman–Crippen MR) is 70.7 cm³/mol. The monoisotopic (exact) mass is 224 g/mol. The third-order valence-electron chi connectivity index (χ3n) is 3.38. The zero-order valence-corrected chi connectivity index (χ0v) is 9.76. The molecule has 0 saturated heterocycles. The Balaban J connectivity index is 1.83. The van der Waals surface area contributed by atoms with E-state index < -0.39 is 0 Å². The van der Waals surface area contributed by atoms with Gasteiger partial charge in [0.1, 0.15) is 0 Å². The summed E-state index contributed by atoms with van der Waals surface area (Å²) in [7, 11) is 0. The van der Waals surface area contributed by atoms with Crippen LogP contribution in [-0.4, -0.2) is 0 Å². The summed E-state index contributed by atoms with van der Waals surface area (Å²) in [4.78, 5) is 2.39. The minimum Gasteiger partial charge on any atom is -0.363 e. The number of fused-ring (bicyclic) bond motifs is 1. The second-order valence-corrected chi connectivity index (χ2v) is 4.50. The van der Waals surface area contributed by atoms with Crippen LogP contribution in [0.25, 0.3) is 0 Å². The molecule has 86 valence electrons. The van der Waals surface area contributed by atoms with Crippen LogP contribution in [-0.2, 0) is 19.6 Å². The first kappa shape index (κ1) is 10.4. The molecule has 1 aliphatic heterocycles. The topological polar surface area (TPSA) is 29.3 Å². The van der Waals surface area contributed by atoms with Gasteiger partial charge in [-0.3, -0.25) is 0 Å². The van der Waals surface area contributed by atoms with Crippen molar-refractivity contribution in [2.45, 2.75) is 19.6 Å². The molecule has 0 radical (unpaired) electrons. The molecule has 0 unspecified atom stereocenters. The number of hydrogen-bond acceptors (Lipinski definition) is 2. The average molecular weight is 224 g/mol. The second kappa shape index (κ2) is 4.22. The van der Waals surface area contributed by atoms with Gasteiger partial charge in [0.2, 0.25) is 0 Å². The van der Waals surface area contributed by atoms with Crippen molar-refractivity contribution in [2.75, 3.05) is 4.90 Å². The lowest BCUT2D eigenvalue weighted by Gasteiger charge is -2.17. The van der Waals surface area contributed by atoms with Gasteiger partial charge >= 0.3 is 0 Å². The van der Waals surface area contributed by atoms with Crippen molar-refractivity contribution in [3.63, 3.8) is 0 Å². The van der Waals surface area contributed by atoms with Gasteiger partial charge in [0.25, 0.3) is 0 Å². The molecular formula is C15H16N2. The van der Waals surface area contributed by atoms with Crippen LogP contribution < -0.4 is 10.6 Å². The number of anilines is 1. The molecule has 0 fully saturated rings. The van der Waals surface area contributed by atoms with Gasteiger partial charge in [-0.1, -0.05) is 36.4 Å². The first-order valence-corrected chi connectivity index (χ1v) is 5.97. The summed E-state index contributed by atoms with van der Waals surface area (Å²) in [6.45, 7) is 2.64. The quantitative estimate of drug-likeness (QED) is 0.849. The van der Waals surface area contributed by atoms with Crippen molar-refractivity contribution in [1.82, 2.24) is 0 Å². The van der Waals surface area contributed by atoms with Gasteiger partial charge in [-0.05, 0) is 28.8 Å². The van der Waals surface area contributed by atoms with Gasteiger partial charge in [-0.25, -0.2) is 0 Å². The van der Waals surface area contributed by atoms with Crippen LogP contribution in [0.2, 0.25) is 0 Å². The highest BCUT2D eigenvalue weighted by Gasteiger charge is 2.17. The molecule has 2 aromatic carbocycles. The van der Waals surface area contributed by atoms with Gasteiger partial charge < -0.3 is 10.6 Å². The van der Waals surface area contributed by atoms with Crippen LogP contribution in [0.15, 0.2) is 48.5 Å². The van der Waals surface area contributed by atoms with Gasteiger partial charge in [0, 0.05) is 25.3 Å². The number of nitrogens with two attached hydrogens (primary N) is 1. The second-order valence-electron chi connectivity index (χ2n) is 4.50. The molecule has 1 heterocycles. The summed E-state index contributed by atoms with van der Waals surface area (Å²) < 4.78 is 0. The first-order valence-electron chi connectivity index (χ1n) is 5.97. The predicted octanol–water partition coefficient (Wildman–Crippen LogP) is 2.67. The van der Waals surface area contributed by atoms with Crippen LogP contribution in [0.4, 0.5) is 5.69 Å². The third kappa shape index (κ3) is 1.92. The van der Waals surface area contributed by atoms with Gasteiger partial charge in [-0.2, -0.15) is 0 Å². The summed E-state index contributed by atoms with van der Waals surface area (Å²) in [6.07, 6.45) is 0. The van der Waals surface area contributed by atoms with Gasteiger partial charge in [-0.15, -0.1) is 0 Å². The largest absolute Gasteiger partial charge is 0.363 e. The molecule has 0 saturated carbocycles. The first-order chi connectivity index (χ1) is 8.36. The van der Waals surface area contributed by atoms with E-state index in [1.807, 2.05) is 0 Å². The zero-order chi connectivity index (χ0) is 11.7. The van der Waals surface area contributed by atoms with E-state index in [0.717, 1.165) is 13.1 Å². The Hall–Kier alpha value is -1.80. The average Bonchev–Trinajstić information content (AvgIpc) is 2.82. The molecule has 0 aromatic heterocycles. The van der Waals surface area contributed by atoms with E-state index in [1.54, 1.807) is 0 Å². The Kier molecular flexibility index (Phi) is 2.57. The summed E-state index contributed by atoms with van der Waals surface area (Å²) in [6, 6.07) is 17.2. The Bertz CT molecular complexity index is 492. The molecule has 1 aliphatic rings. The third-order valence-corrected chi connectivity index (χ3v) is 3.38. The highest BCUT2D eigenvalue weighted by atomic mass is 15.1. The maximum Gasteiger partial charge on any atom is 0.0436 e. The van der Waals surface area contributed by atoms with E-state index in [-0.39, 0.29) is 0 Å². The molecule has 2 aromatic rings.